The van der Waals surface area contributed by atoms with Crippen molar-refractivity contribution < 1.29 is 19.4 Å². The highest BCUT2D eigenvalue weighted by atomic mass is 32.1. The maximum absolute atomic E-state index is 10.2. The fraction of sp³-hybridized carbons (Fsp3) is 0.367. The molecule has 1 aliphatic heterocycles. The molecule has 3 aromatic carbocycles. The topological polar surface area (TPSA) is 67.8 Å². The lowest BCUT2D eigenvalue weighted by Crippen LogP contribution is -2.30. The standard InChI is InChI=1S/C21H25NO.C9H10O3S/c1-15-12-17(23-2)7-8-18(15)16-6-9-20-19(13-16)21(14-22-20)10-4-3-5-11-21;1-6-4-7(13)2-3-8(6)12-5-9(10)11/h6-9,12-13,22H,3-5,10-11,14H2,1-2H3;2-4,13H,5H2,1H3,(H,10,11). The van der Waals surface area contributed by atoms with E-state index in [0.717, 1.165) is 22.8 Å². The van der Waals surface area contributed by atoms with Crippen molar-refractivity contribution in [1.29, 1.82) is 0 Å². The lowest BCUT2D eigenvalue weighted by molar-refractivity contribution is -0.139. The number of hydrogen-bond acceptors (Lipinski definition) is 5. The molecule has 1 fully saturated rings. The van der Waals surface area contributed by atoms with E-state index >= 15 is 0 Å². The van der Waals surface area contributed by atoms with Gasteiger partial charge in [-0.05, 0) is 97.0 Å². The number of carboxylic acids is 1. The van der Waals surface area contributed by atoms with E-state index in [2.05, 4.69) is 61.3 Å². The van der Waals surface area contributed by atoms with E-state index in [9.17, 15) is 4.79 Å². The van der Waals surface area contributed by atoms with E-state index in [-0.39, 0.29) is 6.61 Å². The minimum Gasteiger partial charge on any atom is -0.497 e. The third-order valence-corrected chi connectivity index (χ3v) is 7.55. The Bertz CT molecular complexity index is 1230. The van der Waals surface area contributed by atoms with Crippen molar-refractivity contribution in [1.82, 2.24) is 0 Å². The summed E-state index contributed by atoms with van der Waals surface area (Å²) in [4.78, 5) is 11.0. The zero-order chi connectivity index (χ0) is 25.7. The number of carboxylic acid groups (broad SMARTS) is 1. The van der Waals surface area contributed by atoms with Gasteiger partial charge in [0.05, 0.1) is 7.11 Å². The summed E-state index contributed by atoms with van der Waals surface area (Å²) in [5.41, 5.74) is 8.07. The van der Waals surface area contributed by atoms with Gasteiger partial charge in [0.25, 0.3) is 0 Å². The van der Waals surface area contributed by atoms with Gasteiger partial charge in [-0.25, -0.2) is 4.79 Å². The van der Waals surface area contributed by atoms with Crippen LogP contribution in [0.25, 0.3) is 11.1 Å². The second kappa shape index (κ2) is 11.3. The van der Waals surface area contributed by atoms with Crippen LogP contribution in [0.15, 0.2) is 59.5 Å². The van der Waals surface area contributed by atoms with E-state index < -0.39 is 5.97 Å². The predicted molar refractivity (Wildman–Crippen MR) is 148 cm³/mol. The average Bonchev–Trinajstić information content (AvgIpc) is 3.21. The third-order valence-electron chi connectivity index (χ3n) is 7.27. The highest BCUT2D eigenvalue weighted by molar-refractivity contribution is 7.80. The Balaban J connectivity index is 0.000000200. The molecular formula is C30H35NO4S. The Morgan fingerprint density at radius 2 is 1.78 bits per heavy atom. The summed E-state index contributed by atoms with van der Waals surface area (Å²) < 4.78 is 10.4. The van der Waals surface area contributed by atoms with Crippen LogP contribution >= 0.6 is 12.6 Å². The van der Waals surface area contributed by atoms with Gasteiger partial charge in [0.15, 0.2) is 6.61 Å². The molecule has 2 N–H and O–H groups in total. The summed E-state index contributed by atoms with van der Waals surface area (Å²) >= 11 is 4.14. The first kappa shape index (κ1) is 26.0. The highest BCUT2D eigenvalue weighted by Gasteiger charge is 2.39. The number of carbonyl (C=O) groups is 1. The van der Waals surface area contributed by atoms with Gasteiger partial charge in [-0.1, -0.05) is 31.4 Å². The summed E-state index contributed by atoms with van der Waals surface area (Å²) in [6, 6.07) is 18.6. The number of aliphatic carboxylic acids is 1. The van der Waals surface area contributed by atoms with E-state index in [1.165, 1.54) is 54.5 Å². The molecule has 1 saturated carbocycles. The fourth-order valence-electron chi connectivity index (χ4n) is 5.36. The minimum absolute atomic E-state index is 0.313. The maximum Gasteiger partial charge on any atom is 0.341 e. The van der Waals surface area contributed by atoms with Crippen molar-refractivity contribution in [3.05, 3.63) is 71.3 Å². The van der Waals surface area contributed by atoms with Gasteiger partial charge in [0.1, 0.15) is 11.5 Å². The Labute approximate surface area is 219 Å². The largest absolute Gasteiger partial charge is 0.497 e. The molecule has 0 saturated heterocycles. The summed E-state index contributed by atoms with van der Waals surface area (Å²) in [6.45, 7) is 4.82. The van der Waals surface area contributed by atoms with Crippen LogP contribution < -0.4 is 14.8 Å². The van der Waals surface area contributed by atoms with Gasteiger partial charge in [0.2, 0.25) is 0 Å². The second-order valence-electron chi connectivity index (χ2n) is 9.77. The first-order chi connectivity index (χ1) is 17.3. The molecule has 3 aromatic rings. The first-order valence-corrected chi connectivity index (χ1v) is 12.9. The molecule has 0 amide bonds. The monoisotopic (exact) mass is 505 g/mol. The van der Waals surface area contributed by atoms with E-state index in [1.807, 2.05) is 13.0 Å². The summed E-state index contributed by atoms with van der Waals surface area (Å²) in [7, 11) is 1.72. The zero-order valence-electron chi connectivity index (χ0n) is 21.3. The minimum atomic E-state index is -0.977. The van der Waals surface area contributed by atoms with Gasteiger partial charge in [-0.15, -0.1) is 12.6 Å². The number of rotatable bonds is 5. The average molecular weight is 506 g/mol. The molecule has 190 valence electrons. The lowest BCUT2D eigenvalue weighted by Gasteiger charge is -2.33. The molecule has 0 unspecified atom stereocenters. The smallest absolute Gasteiger partial charge is 0.341 e. The highest BCUT2D eigenvalue weighted by Crippen LogP contribution is 2.47. The second-order valence-corrected chi connectivity index (χ2v) is 10.3. The molecule has 0 bridgehead atoms. The van der Waals surface area contributed by atoms with Crippen LogP contribution in [0.2, 0.25) is 0 Å². The van der Waals surface area contributed by atoms with Crippen LogP contribution in [0.3, 0.4) is 0 Å². The Hall–Kier alpha value is -3.12. The van der Waals surface area contributed by atoms with Crippen molar-refractivity contribution in [3.8, 4) is 22.6 Å². The quantitative estimate of drug-likeness (QED) is 0.324. The molecule has 6 heteroatoms. The lowest BCUT2D eigenvalue weighted by atomic mass is 9.70. The number of fused-ring (bicyclic) bond motifs is 2. The number of nitrogens with one attached hydrogen (secondary N) is 1. The van der Waals surface area contributed by atoms with Crippen molar-refractivity contribution in [2.45, 2.75) is 56.3 Å². The summed E-state index contributed by atoms with van der Waals surface area (Å²) in [5.74, 6) is 0.535. The zero-order valence-corrected chi connectivity index (χ0v) is 22.2. The number of methoxy groups -OCH3 is 1. The number of ether oxygens (including phenoxy) is 2. The molecule has 2 aliphatic rings. The van der Waals surface area contributed by atoms with Crippen LogP contribution in [0.5, 0.6) is 11.5 Å². The van der Waals surface area contributed by atoms with E-state index in [4.69, 9.17) is 14.6 Å². The summed E-state index contributed by atoms with van der Waals surface area (Å²) in [6.07, 6.45) is 6.80. The van der Waals surface area contributed by atoms with Crippen LogP contribution in [0, 0.1) is 13.8 Å². The normalized spacial score (nSPS) is 15.3. The van der Waals surface area contributed by atoms with Gasteiger partial charge in [0, 0.05) is 22.5 Å². The molecule has 0 radical (unpaired) electrons. The van der Waals surface area contributed by atoms with E-state index in [0.29, 0.717) is 11.2 Å². The number of benzene rings is 3. The van der Waals surface area contributed by atoms with Crippen molar-refractivity contribution in [2.24, 2.45) is 0 Å². The van der Waals surface area contributed by atoms with Gasteiger partial charge in [-0.3, -0.25) is 0 Å². The van der Waals surface area contributed by atoms with Crippen molar-refractivity contribution >= 4 is 24.3 Å². The van der Waals surface area contributed by atoms with Crippen LogP contribution in [0.4, 0.5) is 5.69 Å². The van der Waals surface area contributed by atoms with Gasteiger partial charge in [-0.2, -0.15) is 0 Å². The molecule has 1 heterocycles. The summed E-state index contributed by atoms with van der Waals surface area (Å²) in [5, 5.41) is 12.0. The first-order valence-electron chi connectivity index (χ1n) is 12.5. The van der Waals surface area contributed by atoms with Crippen LogP contribution in [0.1, 0.15) is 48.8 Å². The Morgan fingerprint density at radius 3 is 2.44 bits per heavy atom. The third kappa shape index (κ3) is 5.81. The number of aryl methyl sites for hydroxylation is 2. The number of thiol groups is 1. The maximum atomic E-state index is 10.2. The molecule has 1 spiro atoms. The van der Waals surface area contributed by atoms with Crippen molar-refractivity contribution in [3.63, 3.8) is 0 Å². The van der Waals surface area contributed by atoms with Crippen molar-refractivity contribution in [2.75, 3.05) is 25.6 Å². The molecular weight excluding hydrogens is 470 g/mol. The Morgan fingerprint density at radius 1 is 1.00 bits per heavy atom. The van der Waals surface area contributed by atoms with Crippen LogP contribution in [-0.4, -0.2) is 31.3 Å². The molecule has 36 heavy (non-hydrogen) atoms. The molecule has 0 aromatic heterocycles. The number of anilines is 1. The Kier molecular flexibility index (Phi) is 8.14. The molecule has 5 rings (SSSR count). The molecule has 1 aliphatic carbocycles. The number of hydrogen-bond donors (Lipinski definition) is 3. The fourth-order valence-corrected chi connectivity index (χ4v) is 5.63. The molecule has 5 nitrogen and oxygen atoms in total. The van der Waals surface area contributed by atoms with Gasteiger partial charge >= 0.3 is 5.97 Å². The van der Waals surface area contributed by atoms with Gasteiger partial charge < -0.3 is 19.9 Å². The predicted octanol–water partition coefficient (Wildman–Crippen LogP) is 7.05. The SMILES string of the molecule is COc1ccc(-c2ccc3c(c2)C2(CCCCC2)CN3)c(C)c1.Cc1cc(S)ccc1OCC(=O)O. The van der Waals surface area contributed by atoms with Crippen LogP contribution in [-0.2, 0) is 10.2 Å². The van der Waals surface area contributed by atoms with E-state index in [1.54, 1.807) is 24.8 Å². The molecule has 0 atom stereocenters.